The highest BCUT2D eigenvalue weighted by Gasteiger charge is 2.21. The van der Waals surface area contributed by atoms with Crippen molar-refractivity contribution in [2.75, 3.05) is 6.54 Å². The number of benzene rings is 1. The van der Waals surface area contributed by atoms with Gasteiger partial charge < -0.3 is 15.4 Å². The second-order valence-electron chi connectivity index (χ2n) is 6.00. The van der Waals surface area contributed by atoms with E-state index in [2.05, 4.69) is 10.6 Å². The highest BCUT2D eigenvalue weighted by molar-refractivity contribution is 6.31. The monoisotopic (exact) mass is 312 g/mol. The topological polar surface area (TPSA) is 50.4 Å². The smallest absolute Gasteiger partial charge is 0.261 e. The Morgan fingerprint density at radius 1 is 1.38 bits per heavy atom. The highest BCUT2D eigenvalue weighted by atomic mass is 35.5. The fourth-order valence-electron chi connectivity index (χ4n) is 1.79. The van der Waals surface area contributed by atoms with E-state index in [4.69, 9.17) is 16.3 Å². The van der Waals surface area contributed by atoms with E-state index in [0.717, 1.165) is 12.1 Å². The number of carbonyl (C=O) groups is 1. The maximum Gasteiger partial charge on any atom is 0.261 e. The summed E-state index contributed by atoms with van der Waals surface area (Å²) in [6.45, 7) is 11.0. The zero-order chi connectivity index (χ0) is 16.0. The third-order valence-electron chi connectivity index (χ3n) is 2.80. The molecule has 0 aliphatic carbocycles. The molecule has 0 aliphatic heterocycles. The molecule has 0 aliphatic rings. The lowest BCUT2D eigenvalue weighted by molar-refractivity contribution is -0.128. The lowest BCUT2D eigenvalue weighted by atomic mass is 10.1. The zero-order valence-electron chi connectivity index (χ0n) is 13.4. The van der Waals surface area contributed by atoms with Gasteiger partial charge in [0.25, 0.3) is 5.91 Å². The van der Waals surface area contributed by atoms with Gasteiger partial charge in [0, 0.05) is 22.7 Å². The molecule has 0 saturated carbocycles. The minimum atomic E-state index is -0.580. The number of hydrogen-bond acceptors (Lipinski definition) is 3. The molecular formula is C16H25ClN2O2. The van der Waals surface area contributed by atoms with Crippen molar-refractivity contribution >= 4 is 17.5 Å². The predicted molar refractivity (Wildman–Crippen MR) is 86.8 cm³/mol. The number of ether oxygens (including phenoxy) is 1. The molecule has 1 aromatic carbocycles. The Labute approximate surface area is 132 Å². The first-order valence-corrected chi connectivity index (χ1v) is 7.59. The lowest BCUT2D eigenvalue weighted by Gasteiger charge is -2.24. The van der Waals surface area contributed by atoms with E-state index < -0.39 is 6.10 Å². The molecule has 1 aromatic rings. The van der Waals surface area contributed by atoms with Gasteiger partial charge in [0.2, 0.25) is 0 Å². The number of hydrogen-bond donors (Lipinski definition) is 2. The van der Waals surface area contributed by atoms with Gasteiger partial charge in [-0.05, 0) is 46.4 Å². The van der Waals surface area contributed by atoms with E-state index in [9.17, 15) is 4.79 Å². The summed E-state index contributed by atoms with van der Waals surface area (Å²) in [5.41, 5.74) is 0.590. The van der Waals surface area contributed by atoms with Crippen LogP contribution in [0, 0.1) is 0 Å². The van der Waals surface area contributed by atoms with Crippen LogP contribution in [0.25, 0.3) is 0 Å². The van der Waals surface area contributed by atoms with Crippen molar-refractivity contribution < 1.29 is 9.53 Å². The van der Waals surface area contributed by atoms with Crippen molar-refractivity contribution in [1.82, 2.24) is 10.6 Å². The average Bonchev–Trinajstić information content (AvgIpc) is 2.36. The number of carbonyl (C=O) groups excluding carboxylic acids is 1. The first-order valence-electron chi connectivity index (χ1n) is 7.21. The van der Waals surface area contributed by atoms with Crippen molar-refractivity contribution in [2.45, 2.75) is 52.8 Å². The van der Waals surface area contributed by atoms with Crippen LogP contribution in [0.2, 0.25) is 5.02 Å². The number of rotatable bonds is 6. The van der Waals surface area contributed by atoms with E-state index >= 15 is 0 Å². The van der Waals surface area contributed by atoms with Crippen LogP contribution >= 0.6 is 11.6 Å². The minimum absolute atomic E-state index is 0.142. The van der Waals surface area contributed by atoms with Crippen molar-refractivity contribution in [2.24, 2.45) is 0 Å². The maximum absolute atomic E-state index is 12.1. The van der Waals surface area contributed by atoms with Gasteiger partial charge in [-0.3, -0.25) is 4.79 Å². The first-order chi connectivity index (χ1) is 9.74. The number of halogens is 1. The van der Waals surface area contributed by atoms with Crippen molar-refractivity contribution in [3.8, 4) is 5.75 Å². The molecule has 0 saturated heterocycles. The second-order valence-corrected chi connectivity index (χ2v) is 6.40. The molecular weight excluding hydrogens is 288 g/mol. The molecule has 21 heavy (non-hydrogen) atoms. The Kier molecular flexibility index (Phi) is 6.49. The van der Waals surface area contributed by atoms with Gasteiger partial charge in [-0.15, -0.1) is 0 Å². The minimum Gasteiger partial charge on any atom is -0.481 e. The SMILES string of the molecule is CCNCc1c(Cl)cccc1OC(C)C(=O)NC(C)(C)C. The molecule has 1 rings (SSSR count). The normalized spacial score (nSPS) is 12.9. The van der Waals surface area contributed by atoms with Gasteiger partial charge in [0.05, 0.1) is 0 Å². The van der Waals surface area contributed by atoms with Crippen LogP contribution in [-0.4, -0.2) is 24.1 Å². The van der Waals surface area contributed by atoms with E-state index in [1.165, 1.54) is 0 Å². The van der Waals surface area contributed by atoms with E-state index in [0.29, 0.717) is 17.3 Å². The Morgan fingerprint density at radius 3 is 2.62 bits per heavy atom. The van der Waals surface area contributed by atoms with Crippen LogP contribution in [-0.2, 0) is 11.3 Å². The van der Waals surface area contributed by atoms with Gasteiger partial charge >= 0.3 is 0 Å². The summed E-state index contributed by atoms with van der Waals surface area (Å²) in [6, 6.07) is 5.47. The van der Waals surface area contributed by atoms with Gasteiger partial charge in [-0.1, -0.05) is 24.6 Å². The highest BCUT2D eigenvalue weighted by Crippen LogP contribution is 2.27. The molecule has 0 bridgehead atoms. The summed E-state index contributed by atoms with van der Waals surface area (Å²) in [6.07, 6.45) is -0.580. The van der Waals surface area contributed by atoms with Gasteiger partial charge in [-0.2, -0.15) is 0 Å². The Hall–Kier alpha value is -1.26. The van der Waals surface area contributed by atoms with Gasteiger partial charge in [0.1, 0.15) is 5.75 Å². The third-order valence-corrected chi connectivity index (χ3v) is 3.15. The van der Waals surface area contributed by atoms with Crippen LogP contribution in [0.15, 0.2) is 18.2 Å². The van der Waals surface area contributed by atoms with Crippen molar-refractivity contribution in [1.29, 1.82) is 0 Å². The van der Waals surface area contributed by atoms with E-state index in [1.807, 2.05) is 45.9 Å². The van der Waals surface area contributed by atoms with Crippen molar-refractivity contribution in [3.63, 3.8) is 0 Å². The molecule has 4 nitrogen and oxygen atoms in total. The molecule has 0 aromatic heterocycles. The fourth-order valence-corrected chi connectivity index (χ4v) is 2.02. The third kappa shape index (κ3) is 5.94. The summed E-state index contributed by atoms with van der Waals surface area (Å²) < 4.78 is 5.79. The van der Waals surface area contributed by atoms with Crippen molar-refractivity contribution in [3.05, 3.63) is 28.8 Å². The van der Waals surface area contributed by atoms with Crippen LogP contribution in [0.3, 0.4) is 0 Å². The molecule has 5 heteroatoms. The zero-order valence-corrected chi connectivity index (χ0v) is 14.2. The summed E-state index contributed by atoms with van der Waals surface area (Å²) >= 11 is 6.21. The Bertz CT molecular complexity index is 484. The number of nitrogens with one attached hydrogen (secondary N) is 2. The second kappa shape index (κ2) is 7.66. The molecule has 0 spiro atoms. The van der Waals surface area contributed by atoms with Gasteiger partial charge in [-0.25, -0.2) is 0 Å². The summed E-state index contributed by atoms with van der Waals surface area (Å²) in [5, 5.41) is 6.76. The summed E-state index contributed by atoms with van der Waals surface area (Å²) in [5.74, 6) is 0.497. The van der Waals surface area contributed by atoms with E-state index in [1.54, 1.807) is 6.92 Å². The number of amides is 1. The standard InChI is InChI=1S/C16H25ClN2O2/c1-6-18-10-12-13(17)8-7-9-14(12)21-11(2)15(20)19-16(3,4)5/h7-9,11,18H,6,10H2,1-5H3,(H,19,20). The molecule has 1 atom stereocenters. The van der Waals surface area contributed by atoms with E-state index in [-0.39, 0.29) is 11.4 Å². The predicted octanol–water partition coefficient (Wildman–Crippen LogP) is 3.13. The van der Waals surface area contributed by atoms with Crippen LogP contribution in [0.1, 0.15) is 40.2 Å². The quantitative estimate of drug-likeness (QED) is 0.848. The molecule has 1 unspecified atom stereocenters. The molecule has 0 fully saturated rings. The lowest BCUT2D eigenvalue weighted by Crippen LogP contribution is -2.46. The molecule has 1 amide bonds. The average molecular weight is 313 g/mol. The van der Waals surface area contributed by atoms with Crippen LogP contribution < -0.4 is 15.4 Å². The Balaban J connectivity index is 2.82. The Morgan fingerprint density at radius 2 is 2.05 bits per heavy atom. The summed E-state index contributed by atoms with van der Waals surface area (Å²) in [7, 11) is 0. The van der Waals surface area contributed by atoms with Gasteiger partial charge in [0.15, 0.2) is 6.10 Å². The fraction of sp³-hybridized carbons (Fsp3) is 0.562. The molecule has 118 valence electrons. The summed E-state index contributed by atoms with van der Waals surface area (Å²) in [4.78, 5) is 12.1. The van der Waals surface area contributed by atoms with Crippen LogP contribution in [0.5, 0.6) is 5.75 Å². The first kappa shape index (κ1) is 17.8. The molecule has 2 N–H and O–H groups in total. The maximum atomic E-state index is 12.1. The van der Waals surface area contributed by atoms with Crippen LogP contribution in [0.4, 0.5) is 0 Å². The molecule has 0 radical (unpaired) electrons. The molecule has 0 heterocycles. The largest absolute Gasteiger partial charge is 0.481 e.